The number of unbranched alkanes of at least 4 members (excludes halogenated alkanes) is 2. The predicted molar refractivity (Wildman–Crippen MR) is 163 cm³/mol. The fourth-order valence-corrected chi connectivity index (χ4v) is 5.69. The average molecular weight is 570 g/mol. The van der Waals surface area contributed by atoms with Crippen LogP contribution in [0, 0.1) is 21.7 Å². The molecule has 0 saturated carbocycles. The zero-order valence-corrected chi connectivity index (χ0v) is 28.3. The molecule has 0 aliphatic rings. The number of hydrogen-bond acceptors (Lipinski definition) is 6. The molecule has 0 fully saturated rings. The van der Waals surface area contributed by atoms with E-state index in [1.165, 1.54) is 0 Å². The van der Waals surface area contributed by atoms with Gasteiger partial charge in [0.1, 0.15) is 11.6 Å². The Morgan fingerprint density at radius 2 is 1.07 bits per heavy atom. The smallest absolute Gasteiger partial charge is 0.408 e. The Bertz CT molecular complexity index is 791. The van der Waals surface area contributed by atoms with Crippen LogP contribution in [0.5, 0.6) is 0 Å². The van der Waals surface area contributed by atoms with Crippen molar-refractivity contribution < 1.29 is 28.6 Å². The van der Waals surface area contributed by atoms with Gasteiger partial charge in [-0.15, -0.1) is 0 Å². The fourth-order valence-electron chi connectivity index (χ4n) is 5.69. The van der Waals surface area contributed by atoms with Crippen LogP contribution in [0.3, 0.4) is 0 Å². The van der Waals surface area contributed by atoms with Crippen molar-refractivity contribution in [3.05, 3.63) is 0 Å². The van der Waals surface area contributed by atoms with Crippen LogP contribution in [-0.4, -0.2) is 42.9 Å². The highest BCUT2D eigenvalue weighted by Crippen LogP contribution is 2.38. The maximum absolute atomic E-state index is 13.2. The topological polar surface area (TPSA) is 90.9 Å². The molecule has 1 amide bonds. The van der Waals surface area contributed by atoms with E-state index in [0.29, 0.717) is 0 Å². The van der Waals surface area contributed by atoms with Crippen molar-refractivity contribution in [2.24, 2.45) is 21.7 Å². The van der Waals surface area contributed by atoms with E-state index >= 15 is 0 Å². The fraction of sp³-hybridized carbons (Fsp3) is 0.909. The normalized spacial score (nSPS) is 13.9. The molecule has 0 unspecified atom stereocenters. The van der Waals surface area contributed by atoms with Gasteiger partial charge < -0.3 is 19.5 Å². The second-order valence-electron chi connectivity index (χ2n) is 15.9. The summed E-state index contributed by atoms with van der Waals surface area (Å²) in [7, 11) is 0. The highest BCUT2D eigenvalue weighted by atomic mass is 16.6. The minimum absolute atomic E-state index is 0.113. The molecular formula is C33H63NO6. The lowest BCUT2D eigenvalue weighted by Crippen LogP contribution is -2.46. The summed E-state index contributed by atoms with van der Waals surface area (Å²) in [5, 5.41) is 2.54. The largest absolute Gasteiger partial charge is 0.465 e. The minimum atomic E-state index is -1.20. The molecule has 1 atom stereocenters. The summed E-state index contributed by atoms with van der Waals surface area (Å²) in [4.78, 5) is 38.5. The number of amides is 1. The van der Waals surface area contributed by atoms with E-state index < -0.39 is 29.7 Å². The summed E-state index contributed by atoms with van der Waals surface area (Å²) in [6, 6.07) is -1.20. The first-order valence-corrected chi connectivity index (χ1v) is 15.3. The van der Waals surface area contributed by atoms with E-state index in [-0.39, 0.29) is 41.3 Å². The Labute approximate surface area is 246 Å². The van der Waals surface area contributed by atoms with Gasteiger partial charge in [-0.2, -0.15) is 0 Å². The molecule has 0 heterocycles. The summed E-state index contributed by atoms with van der Waals surface area (Å²) in [5.41, 5.74) is -0.996. The Morgan fingerprint density at radius 1 is 0.650 bits per heavy atom. The van der Waals surface area contributed by atoms with Crippen LogP contribution in [0.1, 0.15) is 148 Å². The predicted octanol–water partition coefficient (Wildman–Crippen LogP) is 8.62. The van der Waals surface area contributed by atoms with E-state index in [9.17, 15) is 14.4 Å². The van der Waals surface area contributed by atoms with Crippen molar-refractivity contribution in [3.8, 4) is 0 Å². The molecule has 0 radical (unpaired) electrons. The number of alkyl carbamates (subject to hydrolysis) is 1. The Kier molecular flexibility index (Phi) is 15.3. The Morgan fingerprint density at radius 3 is 1.48 bits per heavy atom. The third-order valence-corrected chi connectivity index (χ3v) is 6.90. The van der Waals surface area contributed by atoms with Gasteiger partial charge in [-0.05, 0) is 68.1 Å². The van der Waals surface area contributed by atoms with Gasteiger partial charge in [-0.3, -0.25) is 4.79 Å². The quantitative estimate of drug-likeness (QED) is 0.131. The standard InChI is InChI=1S/C33H63NO6/c1-14-16-18-30(6,7)21-32(10,11)23-38-26(35)20-25(34-28(37)40-29(3,4)5)27(36)39-24-33(12,13)22-31(8,9)19-17-15-2/h25H,14-24H2,1-13H3,(H,34,37)/t25-/m1/s1. The summed E-state index contributed by atoms with van der Waals surface area (Å²) >= 11 is 0. The number of rotatable bonds is 18. The van der Waals surface area contributed by atoms with Crippen LogP contribution in [0.15, 0.2) is 0 Å². The van der Waals surface area contributed by atoms with Crippen LogP contribution < -0.4 is 5.32 Å². The van der Waals surface area contributed by atoms with Crippen LogP contribution in [0.2, 0.25) is 0 Å². The molecule has 0 saturated heterocycles. The number of nitrogens with one attached hydrogen (secondary N) is 1. The van der Waals surface area contributed by atoms with Crippen molar-refractivity contribution >= 4 is 18.0 Å². The zero-order chi connectivity index (χ0) is 31.4. The van der Waals surface area contributed by atoms with Crippen LogP contribution in [0.25, 0.3) is 0 Å². The van der Waals surface area contributed by atoms with Gasteiger partial charge in [0.15, 0.2) is 0 Å². The lowest BCUT2D eigenvalue weighted by molar-refractivity contribution is -0.156. The monoisotopic (exact) mass is 569 g/mol. The number of hydrogen-bond donors (Lipinski definition) is 1. The first-order valence-electron chi connectivity index (χ1n) is 15.3. The molecule has 0 spiro atoms. The highest BCUT2D eigenvalue weighted by Gasteiger charge is 2.34. The summed E-state index contributed by atoms with van der Waals surface area (Å²) in [6.45, 7) is 27.3. The second-order valence-corrected chi connectivity index (χ2v) is 15.9. The maximum Gasteiger partial charge on any atom is 0.408 e. The summed E-state index contributed by atoms with van der Waals surface area (Å²) < 4.78 is 16.7. The first-order chi connectivity index (χ1) is 18.0. The van der Waals surface area contributed by atoms with Crippen molar-refractivity contribution in [2.75, 3.05) is 13.2 Å². The SMILES string of the molecule is CCCCC(C)(C)CC(C)(C)COC(=O)C[C@@H](NC(=O)OC(C)(C)C)C(=O)OCC(C)(C)CC(C)(C)CCCC. The van der Waals surface area contributed by atoms with Gasteiger partial charge in [-0.1, -0.05) is 94.9 Å². The first kappa shape index (κ1) is 38.2. The molecule has 0 rings (SSSR count). The Hall–Kier alpha value is -1.79. The van der Waals surface area contributed by atoms with Gasteiger partial charge in [0.05, 0.1) is 19.6 Å². The lowest BCUT2D eigenvalue weighted by Gasteiger charge is -2.35. The summed E-state index contributed by atoms with van der Waals surface area (Å²) in [5.74, 6) is -1.22. The molecule has 0 bridgehead atoms. The second kappa shape index (κ2) is 16.0. The van der Waals surface area contributed by atoms with Crippen molar-refractivity contribution in [3.63, 3.8) is 0 Å². The number of carbonyl (C=O) groups is 3. The van der Waals surface area contributed by atoms with Crippen LogP contribution in [-0.2, 0) is 23.8 Å². The molecule has 0 aliphatic carbocycles. The van der Waals surface area contributed by atoms with E-state index in [1.54, 1.807) is 20.8 Å². The molecule has 0 aliphatic heterocycles. The molecule has 0 aromatic rings. The van der Waals surface area contributed by atoms with Gasteiger partial charge >= 0.3 is 18.0 Å². The molecule has 7 nitrogen and oxygen atoms in total. The summed E-state index contributed by atoms with van der Waals surface area (Å²) in [6.07, 6.45) is 7.49. The van der Waals surface area contributed by atoms with Crippen LogP contribution >= 0.6 is 0 Å². The van der Waals surface area contributed by atoms with Gasteiger partial charge in [0.25, 0.3) is 0 Å². The van der Waals surface area contributed by atoms with Crippen molar-refractivity contribution in [2.45, 2.75) is 159 Å². The molecule has 7 heteroatoms. The third kappa shape index (κ3) is 18.5. The number of carbonyl (C=O) groups excluding carboxylic acids is 3. The highest BCUT2D eigenvalue weighted by molar-refractivity contribution is 5.86. The third-order valence-electron chi connectivity index (χ3n) is 6.90. The molecule has 236 valence electrons. The molecular weight excluding hydrogens is 506 g/mol. The molecule has 1 N–H and O–H groups in total. The van der Waals surface area contributed by atoms with Crippen molar-refractivity contribution in [1.29, 1.82) is 0 Å². The molecule has 0 aromatic carbocycles. The number of ether oxygens (including phenoxy) is 3. The van der Waals surface area contributed by atoms with E-state index in [1.807, 2.05) is 0 Å². The Balaban J connectivity index is 5.36. The van der Waals surface area contributed by atoms with E-state index in [0.717, 1.165) is 51.4 Å². The number of esters is 2. The van der Waals surface area contributed by atoms with E-state index in [4.69, 9.17) is 14.2 Å². The van der Waals surface area contributed by atoms with Crippen molar-refractivity contribution in [1.82, 2.24) is 5.32 Å². The molecule has 40 heavy (non-hydrogen) atoms. The maximum atomic E-state index is 13.2. The van der Waals surface area contributed by atoms with Gasteiger partial charge in [0.2, 0.25) is 0 Å². The molecule has 0 aromatic heterocycles. The average Bonchev–Trinajstić information content (AvgIpc) is 2.75. The zero-order valence-electron chi connectivity index (χ0n) is 28.3. The van der Waals surface area contributed by atoms with Gasteiger partial charge in [0, 0.05) is 0 Å². The van der Waals surface area contributed by atoms with Crippen LogP contribution in [0.4, 0.5) is 4.79 Å². The minimum Gasteiger partial charge on any atom is -0.465 e. The lowest BCUT2D eigenvalue weighted by atomic mass is 9.73. The van der Waals surface area contributed by atoms with Gasteiger partial charge in [-0.25, -0.2) is 9.59 Å². The van der Waals surface area contributed by atoms with E-state index in [2.05, 4.69) is 74.6 Å².